The highest BCUT2D eigenvalue weighted by Gasteiger charge is 2.19. The number of hydrogen-bond donors (Lipinski definition) is 0. The van der Waals surface area contributed by atoms with E-state index in [1.54, 1.807) is 18.2 Å². The van der Waals surface area contributed by atoms with E-state index in [1.807, 2.05) is 36.4 Å². The van der Waals surface area contributed by atoms with E-state index in [1.165, 1.54) is 0 Å². The molecule has 1 aromatic heterocycles. The van der Waals surface area contributed by atoms with Gasteiger partial charge in [-0.3, -0.25) is 0 Å². The predicted molar refractivity (Wildman–Crippen MR) is 149 cm³/mol. The molecule has 0 saturated heterocycles. The second-order valence-corrected chi connectivity index (χ2v) is 8.44. The van der Waals surface area contributed by atoms with Crippen molar-refractivity contribution in [3.8, 4) is 11.1 Å². The maximum atomic E-state index is 9.24. The maximum absolute atomic E-state index is 9.24. The number of fused-ring (bicyclic) bond motifs is 9. The largest absolute Gasteiger partial charge is 0.456 e. The van der Waals surface area contributed by atoms with Crippen molar-refractivity contribution >= 4 is 65.0 Å². The minimum Gasteiger partial charge on any atom is -0.456 e. The summed E-state index contributed by atoms with van der Waals surface area (Å²) < 4.78 is 103. The number of rotatable bonds is 1. The Morgan fingerprint density at radius 2 is 1.26 bits per heavy atom. The van der Waals surface area contributed by atoms with Crippen LogP contribution in [-0.4, -0.2) is 0 Å². The van der Waals surface area contributed by atoms with Crippen molar-refractivity contribution in [2.75, 3.05) is 0 Å². The second kappa shape index (κ2) is 6.94. The van der Waals surface area contributed by atoms with E-state index in [2.05, 4.69) is 0 Å². The van der Waals surface area contributed by atoms with Crippen molar-refractivity contribution in [3.05, 3.63) is 121 Å². The van der Waals surface area contributed by atoms with E-state index in [4.69, 9.17) is 18.1 Å². The SMILES string of the molecule is [2H]c1c([2H])c([2H])c2c(-c3cccc4oc5ccc6ccccc6c5c34)c3c(c([2H])c([2H])c4c([2H])c([2H])c([2H])c([2H])c43)c([2H])c2c1[2H]. The van der Waals surface area contributed by atoms with Gasteiger partial charge in [-0.15, -0.1) is 0 Å². The average Bonchev–Trinajstić information content (AvgIpc) is 3.45. The first-order valence-electron chi connectivity index (χ1n) is 16.6. The van der Waals surface area contributed by atoms with Crippen LogP contribution in [0.3, 0.4) is 0 Å². The molecule has 0 amide bonds. The molecule has 1 heteroatoms. The quantitative estimate of drug-likeness (QED) is 0.177. The zero-order chi connectivity index (χ0) is 32.5. The van der Waals surface area contributed by atoms with Gasteiger partial charge < -0.3 is 4.42 Å². The van der Waals surface area contributed by atoms with Crippen LogP contribution in [0.1, 0.15) is 15.1 Å². The highest BCUT2D eigenvalue weighted by atomic mass is 16.3. The normalized spacial score (nSPS) is 16.4. The summed E-state index contributed by atoms with van der Waals surface area (Å²) in [5.74, 6) is 0. The Bertz CT molecular complexity index is 2710. The third kappa shape index (κ3) is 2.58. The summed E-state index contributed by atoms with van der Waals surface area (Å²) in [7, 11) is 0. The van der Waals surface area contributed by atoms with E-state index >= 15 is 0 Å². The fourth-order valence-electron chi connectivity index (χ4n) is 5.16. The predicted octanol–water partition coefficient (Wildman–Crippen LogP) is 9.87. The fraction of sp³-hybridized carbons (Fsp3) is 0. The van der Waals surface area contributed by atoms with Gasteiger partial charge in [-0.05, 0) is 72.4 Å². The molecule has 0 N–H and O–H groups in total. The second-order valence-electron chi connectivity index (χ2n) is 8.44. The van der Waals surface area contributed by atoms with Crippen molar-refractivity contribution < 1.29 is 19.5 Å². The Morgan fingerprint density at radius 1 is 0.486 bits per heavy atom. The summed E-state index contributed by atoms with van der Waals surface area (Å²) in [5.41, 5.74) is 1.63. The first-order valence-corrected chi connectivity index (χ1v) is 11.1. The van der Waals surface area contributed by atoms with Crippen molar-refractivity contribution in [3.63, 3.8) is 0 Å². The maximum Gasteiger partial charge on any atom is 0.136 e. The molecule has 8 aromatic rings. The van der Waals surface area contributed by atoms with Crippen LogP contribution in [0, 0.1) is 0 Å². The lowest BCUT2D eigenvalue weighted by Gasteiger charge is -2.15. The first-order chi connectivity index (χ1) is 22.0. The summed E-state index contributed by atoms with van der Waals surface area (Å²) in [6, 6.07) is 11.1. The van der Waals surface area contributed by atoms with Crippen molar-refractivity contribution in [2.24, 2.45) is 0 Å². The summed E-state index contributed by atoms with van der Waals surface area (Å²) in [5, 5.41) is 2.50. The van der Waals surface area contributed by atoms with Crippen LogP contribution in [0.5, 0.6) is 0 Å². The molecule has 0 bridgehead atoms. The first kappa shape index (κ1) is 11.2. The van der Waals surface area contributed by atoms with Gasteiger partial charge in [-0.25, -0.2) is 0 Å². The molecule has 0 aliphatic heterocycles. The Morgan fingerprint density at radius 3 is 2.20 bits per heavy atom. The molecule has 0 saturated carbocycles. The van der Waals surface area contributed by atoms with Crippen LogP contribution in [-0.2, 0) is 0 Å². The number of hydrogen-bond acceptors (Lipinski definition) is 1. The van der Waals surface area contributed by atoms with Gasteiger partial charge in [0.05, 0.1) is 15.1 Å². The lowest BCUT2D eigenvalue weighted by atomic mass is 9.87. The van der Waals surface area contributed by atoms with Gasteiger partial charge in [-0.2, -0.15) is 0 Å². The topological polar surface area (TPSA) is 13.1 Å². The summed E-state index contributed by atoms with van der Waals surface area (Å²) in [6.45, 7) is 0. The molecular weight excluding hydrogens is 424 g/mol. The monoisotopic (exact) mass is 455 g/mol. The van der Waals surface area contributed by atoms with Crippen molar-refractivity contribution in [1.29, 1.82) is 0 Å². The van der Waals surface area contributed by atoms with E-state index in [0.29, 0.717) is 22.1 Å². The van der Waals surface area contributed by atoms with Gasteiger partial charge in [0.1, 0.15) is 11.2 Å². The van der Waals surface area contributed by atoms with Crippen LogP contribution in [0.15, 0.2) is 125 Å². The van der Waals surface area contributed by atoms with Gasteiger partial charge in [0, 0.05) is 10.8 Å². The zero-order valence-electron chi connectivity index (χ0n) is 29.1. The molecule has 0 aliphatic carbocycles. The lowest BCUT2D eigenvalue weighted by molar-refractivity contribution is 0.669. The van der Waals surface area contributed by atoms with Crippen LogP contribution in [0.4, 0.5) is 0 Å². The fourth-order valence-corrected chi connectivity index (χ4v) is 5.16. The van der Waals surface area contributed by atoms with E-state index in [-0.39, 0.29) is 37.9 Å². The zero-order valence-corrected chi connectivity index (χ0v) is 18.1. The molecule has 7 aromatic carbocycles. The minimum atomic E-state index is -0.575. The molecule has 0 aliphatic rings. The molecule has 0 spiro atoms. The molecule has 1 heterocycles. The molecule has 162 valence electrons. The van der Waals surface area contributed by atoms with Crippen LogP contribution in [0.25, 0.3) is 76.2 Å². The van der Waals surface area contributed by atoms with Crippen LogP contribution < -0.4 is 0 Å². The highest BCUT2D eigenvalue weighted by molar-refractivity contribution is 6.29. The van der Waals surface area contributed by atoms with E-state index in [9.17, 15) is 1.37 Å². The molecule has 8 rings (SSSR count). The number of furan rings is 1. The van der Waals surface area contributed by atoms with Gasteiger partial charge in [0.2, 0.25) is 0 Å². The summed E-state index contributed by atoms with van der Waals surface area (Å²) in [4.78, 5) is 0. The summed E-state index contributed by atoms with van der Waals surface area (Å²) >= 11 is 0. The Labute approximate surface area is 217 Å². The molecule has 0 unspecified atom stereocenters. The van der Waals surface area contributed by atoms with E-state index in [0.717, 1.165) is 16.2 Å². The Hall–Kier alpha value is -4.62. The third-order valence-corrected chi connectivity index (χ3v) is 6.59. The Balaban J connectivity index is 1.80. The highest BCUT2D eigenvalue weighted by Crippen LogP contribution is 2.46. The molecule has 0 atom stereocenters. The van der Waals surface area contributed by atoms with Crippen molar-refractivity contribution in [2.45, 2.75) is 0 Å². The van der Waals surface area contributed by atoms with Crippen LogP contribution in [0.2, 0.25) is 0 Å². The third-order valence-electron chi connectivity index (χ3n) is 6.59. The van der Waals surface area contributed by atoms with Gasteiger partial charge in [-0.1, -0.05) is 103 Å². The van der Waals surface area contributed by atoms with Gasteiger partial charge in [0.15, 0.2) is 0 Å². The van der Waals surface area contributed by atoms with Crippen molar-refractivity contribution in [1.82, 2.24) is 0 Å². The molecule has 0 radical (unpaired) electrons. The molecule has 0 fully saturated rings. The summed E-state index contributed by atoms with van der Waals surface area (Å²) in [6.07, 6.45) is 0. The Kier molecular flexibility index (Phi) is 2.22. The average molecular weight is 456 g/mol. The molecule has 1 nitrogen and oxygen atoms in total. The molecular formula is C34H20O. The van der Waals surface area contributed by atoms with Gasteiger partial charge >= 0.3 is 0 Å². The lowest BCUT2D eigenvalue weighted by Crippen LogP contribution is -1.88. The van der Waals surface area contributed by atoms with E-state index < -0.39 is 66.5 Å². The molecule has 35 heavy (non-hydrogen) atoms. The minimum absolute atomic E-state index is 0.0311. The smallest absolute Gasteiger partial charge is 0.136 e. The standard InChI is InChI=1S/C34H20O/c1-4-11-25-21(8-1)16-17-24-20-23-10-3-6-13-27(23)32(31(24)25)28-14-7-15-29-34(28)33-26-12-5-2-9-22(26)18-19-30(33)35-29/h1-20H/i1D,3D,4D,6D,8D,10D,11D,13D,16D,17D,20D. The van der Waals surface area contributed by atoms with Crippen LogP contribution >= 0.6 is 0 Å². The van der Waals surface area contributed by atoms with Gasteiger partial charge in [0.25, 0.3) is 0 Å². The number of benzene rings is 7.